The molecule has 1 rings (SSSR count). The van der Waals surface area contributed by atoms with Crippen molar-refractivity contribution in [2.45, 2.75) is 26.3 Å². The molecule has 0 aromatic heterocycles. The predicted molar refractivity (Wildman–Crippen MR) is 87.5 cm³/mol. The molecule has 0 aliphatic heterocycles. The van der Waals surface area contributed by atoms with Gasteiger partial charge in [-0.15, -0.1) is 0 Å². The molecule has 0 fully saturated rings. The Kier molecular flexibility index (Phi) is 6.83. The van der Waals surface area contributed by atoms with Gasteiger partial charge in [-0.3, -0.25) is 9.10 Å². The second kappa shape index (κ2) is 8.14. The SMILES string of the molecule is COCCCNC(=O)C(C)N(c1ccc(C)cc1)S(C)(=O)=O. The number of hydrogen-bond donors (Lipinski definition) is 1. The molecule has 1 N–H and O–H groups in total. The van der Waals surface area contributed by atoms with Crippen molar-refractivity contribution in [1.29, 1.82) is 0 Å². The van der Waals surface area contributed by atoms with E-state index in [2.05, 4.69) is 5.32 Å². The average molecular weight is 328 g/mol. The molecular formula is C15H24N2O4S. The first-order valence-electron chi connectivity index (χ1n) is 7.10. The second-order valence-corrected chi connectivity index (χ2v) is 7.07. The van der Waals surface area contributed by atoms with Crippen LogP contribution in [0.4, 0.5) is 5.69 Å². The minimum atomic E-state index is -3.56. The standard InChI is InChI=1S/C15H24N2O4S/c1-12-6-8-14(9-7-12)17(22(4,19)20)13(2)15(18)16-10-5-11-21-3/h6-9,13H,5,10-11H2,1-4H3,(H,16,18). The zero-order chi connectivity index (χ0) is 16.8. The summed E-state index contributed by atoms with van der Waals surface area (Å²) < 4.78 is 30.2. The van der Waals surface area contributed by atoms with E-state index in [0.29, 0.717) is 25.3 Å². The third-order valence-electron chi connectivity index (χ3n) is 3.20. The van der Waals surface area contributed by atoms with Gasteiger partial charge >= 0.3 is 0 Å². The van der Waals surface area contributed by atoms with Gasteiger partial charge in [-0.2, -0.15) is 0 Å². The van der Waals surface area contributed by atoms with E-state index in [1.165, 1.54) is 0 Å². The maximum Gasteiger partial charge on any atom is 0.243 e. The summed E-state index contributed by atoms with van der Waals surface area (Å²) in [4.78, 5) is 12.2. The Labute approximate surface area is 132 Å². The summed E-state index contributed by atoms with van der Waals surface area (Å²) in [7, 11) is -1.97. The first kappa shape index (κ1) is 18.4. The number of methoxy groups -OCH3 is 1. The lowest BCUT2D eigenvalue weighted by atomic mass is 10.2. The van der Waals surface area contributed by atoms with Gasteiger partial charge in [0.1, 0.15) is 6.04 Å². The van der Waals surface area contributed by atoms with Crippen LogP contribution in [0.25, 0.3) is 0 Å². The molecule has 1 atom stereocenters. The molecule has 1 amide bonds. The third kappa shape index (κ3) is 5.31. The normalized spacial score (nSPS) is 12.7. The minimum absolute atomic E-state index is 0.331. The molecule has 0 saturated carbocycles. The molecule has 0 radical (unpaired) electrons. The van der Waals surface area contributed by atoms with E-state index in [4.69, 9.17) is 4.74 Å². The highest BCUT2D eigenvalue weighted by Gasteiger charge is 2.28. The summed E-state index contributed by atoms with van der Waals surface area (Å²) in [6, 6.07) is 6.21. The van der Waals surface area contributed by atoms with Gasteiger partial charge in [-0.25, -0.2) is 8.42 Å². The molecule has 0 bridgehead atoms. The maximum absolute atomic E-state index is 12.2. The summed E-state index contributed by atoms with van der Waals surface area (Å²) in [5, 5.41) is 2.73. The molecule has 22 heavy (non-hydrogen) atoms. The number of amides is 1. The quantitative estimate of drug-likeness (QED) is 0.730. The molecule has 0 saturated heterocycles. The lowest BCUT2D eigenvalue weighted by Crippen LogP contribution is -2.48. The number of anilines is 1. The van der Waals surface area contributed by atoms with E-state index >= 15 is 0 Å². The van der Waals surface area contributed by atoms with Gasteiger partial charge in [0.05, 0.1) is 11.9 Å². The first-order valence-corrected chi connectivity index (χ1v) is 8.95. The number of aryl methyl sites for hydroxylation is 1. The van der Waals surface area contributed by atoms with Gasteiger partial charge < -0.3 is 10.1 Å². The van der Waals surface area contributed by atoms with E-state index in [1.807, 2.05) is 19.1 Å². The number of rotatable bonds is 8. The molecule has 0 spiro atoms. The molecule has 6 nitrogen and oxygen atoms in total. The number of hydrogen-bond acceptors (Lipinski definition) is 4. The number of benzene rings is 1. The van der Waals surface area contributed by atoms with Gasteiger partial charge in [-0.05, 0) is 32.4 Å². The summed E-state index contributed by atoms with van der Waals surface area (Å²) in [6.45, 7) is 4.48. The first-order chi connectivity index (χ1) is 10.3. The van der Waals surface area contributed by atoms with Crippen molar-refractivity contribution in [3.05, 3.63) is 29.8 Å². The Hall–Kier alpha value is -1.60. The molecule has 0 aliphatic rings. The summed E-state index contributed by atoms with van der Waals surface area (Å²) in [5.74, 6) is -0.331. The zero-order valence-electron chi connectivity index (χ0n) is 13.5. The smallest absolute Gasteiger partial charge is 0.243 e. The van der Waals surface area contributed by atoms with Gasteiger partial charge in [0.15, 0.2) is 0 Å². The summed E-state index contributed by atoms with van der Waals surface area (Å²) >= 11 is 0. The lowest BCUT2D eigenvalue weighted by molar-refractivity contribution is -0.121. The van der Waals surface area contributed by atoms with Crippen molar-refractivity contribution < 1.29 is 17.9 Å². The van der Waals surface area contributed by atoms with Crippen LogP contribution >= 0.6 is 0 Å². The van der Waals surface area contributed by atoms with E-state index in [-0.39, 0.29) is 5.91 Å². The highest BCUT2D eigenvalue weighted by Crippen LogP contribution is 2.21. The maximum atomic E-state index is 12.2. The zero-order valence-corrected chi connectivity index (χ0v) is 14.3. The van der Waals surface area contributed by atoms with E-state index in [1.54, 1.807) is 26.2 Å². The van der Waals surface area contributed by atoms with Crippen molar-refractivity contribution in [2.24, 2.45) is 0 Å². The Bertz CT molecular complexity index is 584. The third-order valence-corrected chi connectivity index (χ3v) is 4.44. The van der Waals surface area contributed by atoms with Crippen LogP contribution in [0.15, 0.2) is 24.3 Å². The largest absolute Gasteiger partial charge is 0.385 e. The number of carbonyl (C=O) groups is 1. The highest BCUT2D eigenvalue weighted by atomic mass is 32.2. The van der Waals surface area contributed by atoms with Crippen LogP contribution in [0.5, 0.6) is 0 Å². The van der Waals surface area contributed by atoms with Crippen LogP contribution in [-0.4, -0.2) is 46.9 Å². The van der Waals surface area contributed by atoms with Crippen LogP contribution in [0.2, 0.25) is 0 Å². The molecular weight excluding hydrogens is 304 g/mol. The van der Waals surface area contributed by atoms with Crippen LogP contribution in [0, 0.1) is 6.92 Å². The highest BCUT2D eigenvalue weighted by molar-refractivity contribution is 7.92. The van der Waals surface area contributed by atoms with Crippen LogP contribution in [-0.2, 0) is 19.6 Å². The molecule has 1 aromatic rings. The van der Waals surface area contributed by atoms with Crippen LogP contribution < -0.4 is 9.62 Å². The fraction of sp³-hybridized carbons (Fsp3) is 0.533. The van der Waals surface area contributed by atoms with Crippen molar-refractivity contribution >= 4 is 21.6 Å². The number of ether oxygens (including phenoxy) is 1. The van der Waals surface area contributed by atoms with Gasteiger partial charge in [-0.1, -0.05) is 17.7 Å². The molecule has 0 heterocycles. The lowest BCUT2D eigenvalue weighted by Gasteiger charge is -2.28. The summed E-state index contributed by atoms with van der Waals surface area (Å²) in [5.41, 5.74) is 1.50. The molecule has 124 valence electrons. The Morgan fingerprint density at radius 2 is 1.91 bits per heavy atom. The van der Waals surface area contributed by atoms with Crippen molar-refractivity contribution in [1.82, 2.24) is 5.32 Å². The van der Waals surface area contributed by atoms with E-state index in [0.717, 1.165) is 16.1 Å². The van der Waals surface area contributed by atoms with Gasteiger partial charge in [0.2, 0.25) is 15.9 Å². The van der Waals surface area contributed by atoms with Crippen molar-refractivity contribution in [3.8, 4) is 0 Å². The Balaban J connectivity index is 2.88. The number of nitrogens with zero attached hydrogens (tertiary/aromatic N) is 1. The second-order valence-electron chi connectivity index (χ2n) is 5.21. The molecule has 0 aliphatic carbocycles. The minimum Gasteiger partial charge on any atom is -0.385 e. The van der Waals surface area contributed by atoms with Crippen molar-refractivity contribution in [2.75, 3.05) is 30.8 Å². The molecule has 1 aromatic carbocycles. The van der Waals surface area contributed by atoms with Crippen LogP contribution in [0.1, 0.15) is 18.9 Å². The Morgan fingerprint density at radius 3 is 2.41 bits per heavy atom. The number of nitrogens with one attached hydrogen (secondary N) is 1. The molecule has 1 unspecified atom stereocenters. The molecule has 7 heteroatoms. The van der Waals surface area contributed by atoms with Gasteiger partial charge in [0, 0.05) is 20.3 Å². The fourth-order valence-electron chi connectivity index (χ4n) is 2.08. The van der Waals surface area contributed by atoms with Crippen molar-refractivity contribution in [3.63, 3.8) is 0 Å². The average Bonchev–Trinajstić information content (AvgIpc) is 2.44. The van der Waals surface area contributed by atoms with Crippen LogP contribution in [0.3, 0.4) is 0 Å². The number of sulfonamides is 1. The summed E-state index contributed by atoms with van der Waals surface area (Å²) in [6.07, 6.45) is 1.78. The fourth-order valence-corrected chi connectivity index (χ4v) is 3.25. The predicted octanol–water partition coefficient (Wildman–Crippen LogP) is 1.30. The van der Waals surface area contributed by atoms with E-state index < -0.39 is 16.1 Å². The monoisotopic (exact) mass is 328 g/mol. The van der Waals surface area contributed by atoms with E-state index in [9.17, 15) is 13.2 Å². The topological polar surface area (TPSA) is 75.7 Å². The number of carbonyl (C=O) groups excluding carboxylic acids is 1. The Morgan fingerprint density at radius 1 is 1.32 bits per heavy atom. The van der Waals surface area contributed by atoms with Gasteiger partial charge in [0.25, 0.3) is 0 Å².